The number of carbonyl (C=O) groups excluding carboxylic acids is 1. The maximum absolute atomic E-state index is 12.5. The minimum absolute atomic E-state index is 0.120. The van der Waals surface area contributed by atoms with Crippen LogP contribution in [0.25, 0.3) is 0 Å². The zero-order valence-corrected chi connectivity index (χ0v) is 16.8. The first kappa shape index (κ1) is 20.0. The fourth-order valence-electron chi connectivity index (χ4n) is 3.42. The van der Waals surface area contributed by atoms with Gasteiger partial charge in [-0.2, -0.15) is 0 Å². The molecule has 0 bridgehead atoms. The van der Waals surface area contributed by atoms with Crippen molar-refractivity contribution in [3.63, 3.8) is 0 Å². The monoisotopic (exact) mass is 402 g/mol. The molecule has 0 unspecified atom stereocenters. The number of nitrogens with one attached hydrogen (secondary N) is 2. The lowest BCUT2D eigenvalue weighted by Crippen LogP contribution is -2.34. The molecule has 5 heteroatoms. The van der Waals surface area contributed by atoms with E-state index >= 15 is 0 Å². The van der Waals surface area contributed by atoms with Crippen LogP contribution in [0.4, 0.5) is 0 Å². The molecule has 0 spiro atoms. The number of carbonyl (C=O) groups is 1. The molecule has 1 heterocycles. The molecule has 0 aliphatic carbocycles. The van der Waals surface area contributed by atoms with Crippen LogP contribution in [0.5, 0.6) is 17.2 Å². The second-order valence-corrected chi connectivity index (χ2v) is 7.34. The third-order valence-corrected chi connectivity index (χ3v) is 5.04. The molecule has 4 rings (SSSR count). The SMILES string of the molecule is O=C(NCc1cccc(OC2CCNCC2)c1)c1ccc(Oc2ccccc2)cc1. The molecule has 0 radical (unpaired) electrons. The van der Waals surface area contributed by atoms with Crippen LogP contribution in [0.1, 0.15) is 28.8 Å². The van der Waals surface area contributed by atoms with Gasteiger partial charge in [0.15, 0.2) is 0 Å². The second kappa shape index (κ2) is 9.94. The average molecular weight is 402 g/mol. The lowest BCUT2D eigenvalue weighted by Gasteiger charge is -2.24. The van der Waals surface area contributed by atoms with Gasteiger partial charge < -0.3 is 20.1 Å². The molecule has 3 aromatic carbocycles. The van der Waals surface area contributed by atoms with E-state index in [0.717, 1.165) is 43.0 Å². The van der Waals surface area contributed by atoms with E-state index in [0.29, 0.717) is 17.9 Å². The van der Waals surface area contributed by atoms with Crippen LogP contribution >= 0.6 is 0 Å². The number of rotatable bonds is 7. The van der Waals surface area contributed by atoms with Gasteiger partial charge in [0.1, 0.15) is 23.4 Å². The van der Waals surface area contributed by atoms with Crippen molar-refractivity contribution in [1.82, 2.24) is 10.6 Å². The molecule has 1 aliphatic heterocycles. The molecule has 0 aromatic heterocycles. The van der Waals surface area contributed by atoms with Crippen LogP contribution in [0, 0.1) is 0 Å². The van der Waals surface area contributed by atoms with Gasteiger partial charge in [0.2, 0.25) is 0 Å². The van der Waals surface area contributed by atoms with Gasteiger partial charge in [-0.25, -0.2) is 0 Å². The number of ether oxygens (including phenoxy) is 2. The van der Waals surface area contributed by atoms with Crippen molar-refractivity contribution in [1.29, 1.82) is 0 Å². The van der Waals surface area contributed by atoms with E-state index < -0.39 is 0 Å². The molecular weight excluding hydrogens is 376 g/mol. The van der Waals surface area contributed by atoms with Crippen molar-refractivity contribution in [3.05, 3.63) is 90.0 Å². The summed E-state index contributed by atoms with van der Waals surface area (Å²) in [5.41, 5.74) is 1.61. The predicted molar refractivity (Wildman–Crippen MR) is 117 cm³/mol. The molecule has 2 N–H and O–H groups in total. The zero-order chi connectivity index (χ0) is 20.6. The number of hydrogen-bond acceptors (Lipinski definition) is 4. The maximum atomic E-state index is 12.5. The van der Waals surface area contributed by atoms with Gasteiger partial charge in [-0.05, 0) is 80.0 Å². The Balaban J connectivity index is 1.30. The minimum atomic E-state index is -0.120. The number of hydrogen-bond donors (Lipinski definition) is 2. The summed E-state index contributed by atoms with van der Waals surface area (Å²) in [5, 5.41) is 6.31. The summed E-state index contributed by atoms with van der Waals surface area (Å²) in [6, 6.07) is 24.6. The minimum Gasteiger partial charge on any atom is -0.490 e. The molecule has 1 amide bonds. The Bertz CT molecular complexity index is 952. The first-order valence-corrected chi connectivity index (χ1v) is 10.3. The molecule has 5 nitrogen and oxygen atoms in total. The van der Waals surface area contributed by atoms with Gasteiger partial charge in [0.25, 0.3) is 5.91 Å². The number of para-hydroxylation sites is 1. The molecule has 1 aliphatic rings. The lowest BCUT2D eigenvalue weighted by atomic mass is 10.1. The predicted octanol–water partition coefficient (Wildman–Crippen LogP) is 4.54. The average Bonchev–Trinajstić information content (AvgIpc) is 2.80. The molecule has 3 aromatic rings. The van der Waals surface area contributed by atoms with Crippen LogP contribution in [-0.4, -0.2) is 25.1 Å². The third kappa shape index (κ3) is 5.61. The molecule has 1 fully saturated rings. The zero-order valence-electron chi connectivity index (χ0n) is 16.8. The van der Waals surface area contributed by atoms with Crippen molar-refractivity contribution in [3.8, 4) is 17.2 Å². The van der Waals surface area contributed by atoms with E-state index in [4.69, 9.17) is 9.47 Å². The van der Waals surface area contributed by atoms with Gasteiger partial charge in [-0.1, -0.05) is 30.3 Å². The standard InChI is InChI=1S/C25H26N2O3/c28-25(20-9-11-22(12-10-20)29-21-6-2-1-3-7-21)27-18-19-5-4-8-24(17-19)30-23-13-15-26-16-14-23/h1-12,17,23,26H,13-16,18H2,(H,27,28). The Kier molecular flexibility index (Phi) is 6.62. The van der Waals surface area contributed by atoms with Crippen LogP contribution in [0.15, 0.2) is 78.9 Å². The van der Waals surface area contributed by atoms with Crippen molar-refractivity contribution in [2.45, 2.75) is 25.5 Å². The lowest BCUT2D eigenvalue weighted by molar-refractivity contribution is 0.0950. The summed E-state index contributed by atoms with van der Waals surface area (Å²) in [6.07, 6.45) is 2.29. The molecule has 0 atom stereocenters. The summed E-state index contributed by atoms with van der Waals surface area (Å²) in [4.78, 5) is 12.5. The summed E-state index contributed by atoms with van der Waals surface area (Å²) in [7, 11) is 0. The van der Waals surface area contributed by atoms with Gasteiger partial charge in [0, 0.05) is 12.1 Å². The van der Waals surface area contributed by atoms with E-state index in [1.165, 1.54) is 0 Å². The smallest absolute Gasteiger partial charge is 0.251 e. The van der Waals surface area contributed by atoms with Crippen molar-refractivity contribution < 1.29 is 14.3 Å². The number of piperidine rings is 1. The third-order valence-electron chi connectivity index (χ3n) is 5.04. The van der Waals surface area contributed by atoms with E-state index in [1.54, 1.807) is 24.3 Å². The van der Waals surface area contributed by atoms with E-state index in [-0.39, 0.29) is 12.0 Å². The Labute approximate surface area is 177 Å². The molecule has 30 heavy (non-hydrogen) atoms. The summed E-state index contributed by atoms with van der Waals surface area (Å²) in [5.74, 6) is 2.20. The molecule has 1 saturated heterocycles. The highest BCUT2D eigenvalue weighted by molar-refractivity contribution is 5.94. The highest BCUT2D eigenvalue weighted by Crippen LogP contribution is 2.21. The van der Waals surface area contributed by atoms with Crippen LogP contribution in [-0.2, 0) is 6.54 Å². The molecule has 0 saturated carbocycles. The fourth-order valence-corrected chi connectivity index (χ4v) is 3.42. The summed E-state index contributed by atoms with van der Waals surface area (Å²) in [6.45, 7) is 2.44. The maximum Gasteiger partial charge on any atom is 0.251 e. The van der Waals surface area contributed by atoms with Crippen molar-refractivity contribution in [2.24, 2.45) is 0 Å². The fraction of sp³-hybridized carbons (Fsp3) is 0.240. The Morgan fingerprint density at radius 3 is 2.33 bits per heavy atom. The van der Waals surface area contributed by atoms with Gasteiger partial charge >= 0.3 is 0 Å². The summed E-state index contributed by atoms with van der Waals surface area (Å²) < 4.78 is 11.9. The molecule has 154 valence electrons. The van der Waals surface area contributed by atoms with Crippen LogP contribution in [0.2, 0.25) is 0 Å². The van der Waals surface area contributed by atoms with Crippen LogP contribution < -0.4 is 20.1 Å². The Hall–Kier alpha value is -3.31. The Morgan fingerprint density at radius 1 is 0.867 bits per heavy atom. The Morgan fingerprint density at radius 2 is 1.57 bits per heavy atom. The first-order valence-electron chi connectivity index (χ1n) is 10.3. The summed E-state index contributed by atoms with van der Waals surface area (Å²) >= 11 is 0. The highest BCUT2D eigenvalue weighted by atomic mass is 16.5. The normalized spacial score (nSPS) is 14.1. The quantitative estimate of drug-likeness (QED) is 0.609. The van der Waals surface area contributed by atoms with Gasteiger partial charge in [0.05, 0.1) is 0 Å². The molecular formula is C25H26N2O3. The topological polar surface area (TPSA) is 59.6 Å². The van der Waals surface area contributed by atoms with Gasteiger partial charge in [-0.15, -0.1) is 0 Å². The van der Waals surface area contributed by atoms with E-state index in [1.807, 2.05) is 54.6 Å². The highest BCUT2D eigenvalue weighted by Gasteiger charge is 2.14. The number of amides is 1. The second-order valence-electron chi connectivity index (χ2n) is 7.34. The van der Waals surface area contributed by atoms with Crippen molar-refractivity contribution in [2.75, 3.05) is 13.1 Å². The van der Waals surface area contributed by atoms with E-state index in [2.05, 4.69) is 10.6 Å². The van der Waals surface area contributed by atoms with E-state index in [9.17, 15) is 4.79 Å². The van der Waals surface area contributed by atoms with Crippen LogP contribution in [0.3, 0.4) is 0 Å². The van der Waals surface area contributed by atoms with Gasteiger partial charge in [-0.3, -0.25) is 4.79 Å². The first-order chi connectivity index (χ1) is 14.8. The number of benzene rings is 3. The largest absolute Gasteiger partial charge is 0.490 e. The van der Waals surface area contributed by atoms with Crippen molar-refractivity contribution >= 4 is 5.91 Å².